The minimum atomic E-state index is 1.21. The summed E-state index contributed by atoms with van der Waals surface area (Å²) in [6, 6.07) is 0. The molecule has 0 aromatic heterocycles. The number of rotatable bonds is 0. The molecule has 8 heavy (non-hydrogen) atoms. The molecule has 1 nitrogen and oxygen atoms in total. The lowest BCUT2D eigenvalue weighted by atomic mass is 10.3. The maximum atomic E-state index is 3.37. The lowest BCUT2D eigenvalue weighted by Gasteiger charge is -2.07. The molecule has 0 unspecified atom stereocenters. The van der Waals surface area contributed by atoms with Gasteiger partial charge in [-0.1, -0.05) is 0 Å². The number of hydrogen-bond donors (Lipinski definition) is 1. The van der Waals surface area contributed by atoms with E-state index >= 15 is 0 Å². The first kappa shape index (κ1) is 6.43. The molecule has 0 atom stereocenters. The highest BCUT2D eigenvalue weighted by Gasteiger charge is 1.94. The van der Waals surface area contributed by atoms with Crippen molar-refractivity contribution >= 4 is 11.8 Å². The van der Waals surface area contributed by atoms with Gasteiger partial charge in [0.25, 0.3) is 0 Å². The Labute approximate surface area is 55.2 Å². The molecule has 0 aromatic carbocycles. The van der Waals surface area contributed by atoms with Crippen LogP contribution in [0.3, 0.4) is 0 Å². The van der Waals surface area contributed by atoms with Crippen LogP contribution in [0.5, 0.6) is 0 Å². The second-order valence-electron chi connectivity index (χ2n) is 2.07. The average Bonchev–Trinajstić information content (AvgIpc) is 1.62. The fourth-order valence-electron chi connectivity index (χ4n) is 0.826. The molecule has 0 amide bonds. The Kier molecular flexibility index (Phi) is 3.39. The second-order valence-corrected chi connectivity index (χ2v) is 3.29. The van der Waals surface area contributed by atoms with Crippen LogP contribution in [0, 0.1) is 0 Å². The Hall–Kier alpha value is 0.310. The van der Waals surface area contributed by atoms with E-state index in [-0.39, 0.29) is 0 Å². The molecule has 1 rings (SSSR count). The molecule has 1 heterocycles. The van der Waals surface area contributed by atoms with E-state index in [1.54, 1.807) is 0 Å². The smallest absolute Gasteiger partial charge is 0.00581 e. The van der Waals surface area contributed by atoms with Crippen molar-refractivity contribution in [3.63, 3.8) is 0 Å². The second kappa shape index (κ2) is 4.21. The van der Waals surface area contributed by atoms with Crippen LogP contribution in [0.4, 0.5) is 0 Å². The van der Waals surface area contributed by atoms with Gasteiger partial charge in [0.05, 0.1) is 0 Å². The van der Waals surface area contributed by atoms with Crippen molar-refractivity contribution < 1.29 is 0 Å². The first-order valence-corrected chi connectivity index (χ1v) is 4.44. The van der Waals surface area contributed by atoms with Gasteiger partial charge in [0, 0.05) is 12.3 Å². The van der Waals surface area contributed by atoms with E-state index in [0.717, 1.165) is 0 Å². The Bertz CT molecular complexity index is 32.5. The quantitative estimate of drug-likeness (QED) is 0.528. The molecule has 0 saturated carbocycles. The first-order chi connectivity index (χ1) is 4.00. The molecule has 1 aliphatic rings. The monoisotopic (exact) mass is 131 g/mol. The minimum absolute atomic E-state index is 1.21. The van der Waals surface area contributed by atoms with Crippen LogP contribution in [0.25, 0.3) is 0 Å². The van der Waals surface area contributed by atoms with Crippen LogP contribution in [0.15, 0.2) is 0 Å². The van der Waals surface area contributed by atoms with E-state index in [1.165, 1.54) is 37.4 Å². The third kappa shape index (κ3) is 2.58. The summed E-state index contributed by atoms with van der Waals surface area (Å²) in [6.45, 7) is 2.45. The lowest BCUT2D eigenvalue weighted by molar-refractivity contribution is 0.660. The van der Waals surface area contributed by atoms with Gasteiger partial charge >= 0.3 is 0 Å². The van der Waals surface area contributed by atoms with E-state index in [9.17, 15) is 0 Å². The zero-order valence-electron chi connectivity index (χ0n) is 5.15. The van der Waals surface area contributed by atoms with Crippen LogP contribution in [0.1, 0.15) is 12.8 Å². The topological polar surface area (TPSA) is 12.0 Å². The van der Waals surface area contributed by atoms with Crippen molar-refractivity contribution in [2.24, 2.45) is 0 Å². The van der Waals surface area contributed by atoms with Crippen molar-refractivity contribution in [1.29, 1.82) is 0 Å². The fraction of sp³-hybridized carbons (Fsp3) is 1.00. The van der Waals surface area contributed by atoms with Crippen LogP contribution < -0.4 is 5.32 Å². The number of nitrogens with one attached hydrogen (secondary N) is 1. The maximum Gasteiger partial charge on any atom is 0.00581 e. The molecule has 1 fully saturated rings. The standard InChI is InChI=1S/C6H13NS/c1-2-5-8-6-4-7-3-1/h7H,1-6H2. The molecule has 1 saturated heterocycles. The van der Waals surface area contributed by atoms with Crippen molar-refractivity contribution in [3.8, 4) is 0 Å². The van der Waals surface area contributed by atoms with E-state index in [0.29, 0.717) is 0 Å². The summed E-state index contributed by atoms with van der Waals surface area (Å²) in [4.78, 5) is 0. The van der Waals surface area contributed by atoms with E-state index in [1.807, 2.05) is 0 Å². The van der Waals surface area contributed by atoms with Gasteiger partial charge < -0.3 is 5.32 Å². The minimum Gasteiger partial charge on any atom is -0.316 e. The van der Waals surface area contributed by atoms with Crippen molar-refractivity contribution in [2.45, 2.75) is 12.8 Å². The molecule has 1 N–H and O–H groups in total. The molecular weight excluding hydrogens is 118 g/mol. The van der Waals surface area contributed by atoms with Gasteiger partial charge in [-0.2, -0.15) is 11.8 Å². The maximum absolute atomic E-state index is 3.37. The highest BCUT2D eigenvalue weighted by atomic mass is 32.2. The van der Waals surface area contributed by atoms with Gasteiger partial charge in [0.15, 0.2) is 0 Å². The van der Waals surface area contributed by atoms with Gasteiger partial charge in [0.2, 0.25) is 0 Å². The summed E-state index contributed by atoms with van der Waals surface area (Å²) in [7, 11) is 0. The van der Waals surface area contributed by atoms with Crippen molar-refractivity contribution in [2.75, 3.05) is 24.6 Å². The Morgan fingerprint density at radius 2 is 2.00 bits per heavy atom. The third-order valence-corrected chi connectivity index (χ3v) is 2.39. The molecule has 48 valence electrons. The van der Waals surface area contributed by atoms with Crippen molar-refractivity contribution in [1.82, 2.24) is 5.32 Å². The predicted molar refractivity (Wildman–Crippen MR) is 39.4 cm³/mol. The molecule has 1 aliphatic heterocycles. The lowest BCUT2D eigenvalue weighted by Crippen LogP contribution is -2.20. The van der Waals surface area contributed by atoms with E-state index < -0.39 is 0 Å². The molecule has 0 aliphatic carbocycles. The number of hydrogen-bond acceptors (Lipinski definition) is 2. The Morgan fingerprint density at radius 1 is 1.00 bits per heavy atom. The molecule has 0 bridgehead atoms. The molecule has 0 aromatic rings. The van der Waals surface area contributed by atoms with Gasteiger partial charge in [-0.25, -0.2) is 0 Å². The summed E-state index contributed by atoms with van der Waals surface area (Å²) in [6.07, 6.45) is 2.77. The van der Waals surface area contributed by atoms with Gasteiger partial charge in [-0.15, -0.1) is 0 Å². The Balaban J connectivity index is 2.00. The summed E-state index contributed by atoms with van der Waals surface area (Å²) in [5.41, 5.74) is 0. The van der Waals surface area contributed by atoms with E-state index in [2.05, 4.69) is 17.1 Å². The van der Waals surface area contributed by atoms with Crippen LogP contribution in [0.2, 0.25) is 0 Å². The highest BCUT2D eigenvalue weighted by Crippen LogP contribution is 2.04. The molecule has 0 radical (unpaired) electrons. The van der Waals surface area contributed by atoms with Gasteiger partial charge in [-0.3, -0.25) is 0 Å². The SMILES string of the molecule is C1CCSCCNC1. The summed E-state index contributed by atoms with van der Waals surface area (Å²) in [5, 5.41) is 3.37. The molecular formula is C6H13NS. The molecule has 0 spiro atoms. The third-order valence-electron chi connectivity index (χ3n) is 1.32. The normalized spacial score (nSPS) is 24.0. The Morgan fingerprint density at radius 3 is 3.00 bits per heavy atom. The van der Waals surface area contributed by atoms with Gasteiger partial charge in [-0.05, 0) is 25.1 Å². The zero-order valence-corrected chi connectivity index (χ0v) is 5.97. The summed E-state index contributed by atoms with van der Waals surface area (Å²) >= 11 is 2.07. The van der Waals surface area contributed by atoms with Gasteiger partial charge in [0.1, 0.15) is 0 Å². The largest absolute Gasteiger partial charge is 0.316 e. The van der Waals surface area contributed by atoms with Crippen LogP contribution in [-0.2, 0) is 0 Å². The van der Waals surface area contributed by atoms with E-state index in [4.69, 9.17) is 0 Å². The fourth-order valence-corrected chi connectivity index (χ4v) is 1.73. The van der Waals surface area contributed by atoms with Crippen LogP contribution in [-0.4, -0.2) is 24.6 Å². The molecule has 2 heteroatoms. The zero-order chi connectivity index (χ0) is 5.66. The number of thioether (sulfide) groups is 1. The average molecular weight is 131 g/mol. The van der Waals surface area contributed by atoms with Crippen molar-refractivity contribution in [3.05, 3.63) is 0 Å². The first-order valence-electron chi connectivity index (χ1n) is 3.28. The summed E-state index contributed by atoms with van der Waals surface area (Å²) < 4.78 is 0. The summed E-state index contributed by atoms with van der Waals surface area (Å²) in [5.74, 6) is 2.68. The van der Waals surface area contributed by atoms with Crippen LogP contribution >= 0.6 is 11.8 Å². The predicted octanol–water partition coefficient (Wildman–Crippen LogP) is 1.10. The highest BCUT2D eigenvalue weighted by molar-refractivity contribution is 7.99.